The van der Waals surface area contributed by atoms with Crippen LogP contribution in [0.5, 0.6) is 5.75 Å². The molecule has 0 heterocycles. The van der Waals surface area contributed by atoms with Crippen LogP contribution in [-0.2, 0) is 0 Å². The number of hydrogen-bond acceptors (Lipinski definition) is 5. The van der Waals surface area contributed by atoms with E-state index in [9.17, 15) is 10.1 Å². The molecule has 2 rings (SSSR count). The SMILES string of the molecule is COc1cc(NC(CN)C2CC2)ccc1[N+](=O)[O-]. The molecule has 0 spiro atoms. The number of methoxy groups -OCH3 is 1. The van der Waals surface area contributed by atoms with Crippen LogP contribution in [0.4, 0.5) is 11.4 Å². The Morgan fingerprint density at radius 1 is 1.61 bits per heavy atom. The van der Waals surface area contributed by atoms with Crippen LogP contribution in [-0.4, -0.2) is 24.6 Å². The summed E-state index contributed by atoms with van der Waals surface area (Å²) in [6, 6.07) is 5.01. The van der Waals surface area contributed by atoms with E-state index in [2.05, 4.69) is 5.32 Å². The summed E-state index contributed by atoms with van der Waals surface area (Å²) >= 11 is 0. The number of anilines is 1. The molecule has 1 aliphatic carbocycles. The molecule has 6 nitrogen and oxygen atoms in total. The Kier molecular flexibility index (Phi) is 3.66. The van der Waals surface area contributed by atoms with Gasteiger partial charge in [-0.1, -0.05) is 0 Å². The third-order valence-electron chi connectivity index (χ3n) is 3.17. The number of nitrogens with one attached hydrogen (secondary N) is 1. The molecule has 0 amide bonds. The molecular weight excluding hydrogens is 234 g/mol. The van der Waals surface area contributed by atoms with E-state index >= 15 is 0 Å². The van der Waals surface area contributed by atoms with Crippen LogP contribution in [0.15, 0.2) is 18.2 Å². The van der Waals surface area contributed by atoms with Gasteiger partial charge in [-0.3, -0.25) is 10.1 Å². The first-order valence-electron chi connectivity index (χ1n) is 5.94. The minimum Gasteiger partial charge on any atom is -0.490 e. The summed E-state index contributed by atoms with van der Waals surface area (Å²) < 4.78 is 5.03. The van der Waals surface area contributed by atoms with E-state index in [1.54, 1.807) is 12.1 Å². The fourth-order valence-electron chi connectivity index (χ4n) is 2.00. The summed E-state index contributed by atoms with van der Waals surface area (Å²) in [6.07, 6.45) is 2.39. The Balaban J connectivity index is 2.15. The van der Waals surface area contributed by atoms with Gasteiger partial charge in [0, 0.05) is 30.4 Å². The van der Waals surface area contributed by atoms with Crippen molar-refractivity contribution in [1.29, 1.82) is 0 Å². The molecule has 0 saturated heterocycles. The number of nitrogens with zero attached hydrogens (tertiary/aromatic N) is 1. The Morgan fingerprint density at radius 2 is 2.33 bits per heavy atom. The summed E-state index contributed by atoms with van der Waals surface area (Å²) in [5, 5.41) is 14.1. The van der Waals surface area contributed by atoms with Crippen molar-refractivity contribution in [3.8, 4) is 5.75 Å². The molecule has 0 aromatic heterocycles. The van der Waals surface area contributed by atoms with Gasteiger partial charge in [0.25, 0.3) is 0 Å². The van der Waals surface area contributed by atoms with Crippen molar-refractivity contribution < 1.29 is 9.66 Å². The zero-order valence-electron chi connectivity index (χ0n) is 10.3. The minimum atomic E-state index is -0.454. The maximum Gasteiger partial charge on any atom is 0.311 e. The van der Waals surface area contributed by atoms with Crippen LogP contribution in [0.25, 0.3) is 0 Å². The van der Waals surface area contributed by atoms with Gasteiger partial charge in [0.05, 0.1) is 12.0 Å². The molecule has 1 fully saturated rings. The summed E-state index contributed by atoms with van der Waals surface area (Å²) in [5.74, 6) is 0.882. The lowest BCUT2D eigenvalue weighted by molar-refractivity contribution is -0.385. The first kappa shape index (κ1) is 12.6. The second kappa shape index (κ2) is 5.22. The highest BCUT2D eigenvalue weighted by Crippen LogP contribution is 2.35. The zero-order valence-corrected chi connectivity index (χ0v) is 10.3. The predicted octanol–water partition coefficient (Wildman–Crippen LogP) is 1.75. The van der Waals surface area contributed by atoms with Gasteiger partial charge >= 0.3 is 5.69 Å². The highest BCUT2D eigenvalue weighted by molar-refractivity contribution is 5.58. The molecular formula is C12H17N3O3. The van der Waals surface area contributed by atoms with Crippen LogP contribution >= 0.6 is 0 Å². The number of nitrogens with two attached hydrogens (primary N) is 1. The Bertz CT molecular complexity index is 446. The fourth-order valence-corrected chi connectivity index (χ4v) is 2.00. The van der Waals surface area contributed by atoms with E-state index in [1.165, 1.54) is 26.0 Å². The first-order valence-corrected chi connectivity index (χ1v) is 5.94. The molecule has 1 saturated carbocycles. The van der Waals surface area contributed by atoms with Crippen molar-refractivity contribution in [2.45, 2.75) is 18.9 Å². The molecule has 3 N–H and O–H groups in total. The van der Waals surface area contributed by atoms with Crippen molar-refractivity contribution in [3.05, 3.63) is 28.3 Å². The third-order valence-corrected chi connectivity index (χ3v) is 3.17. The van der Waals surface area contributed by atoms with Crippen LogP contribution in [0.2, 0.25) is 0 Å². The van der Waals surface area contributed by atoms with Crippen molar-refractivity contribution in [3.63, 3.8) is 0 Å². The van der Waals surface area contributed by atoms with E-state index < -0.39 is 4.92 Å². The fraction of sp³-hybridized carbons (Fsp3) is 0.500. The monoisotopic (exact) mass is 251 g/mol. The summed E-state index contributed by atoms with van der Waals surface area (Å²) in [6.45, 7) is 0.559. The maximum atomic E-state index is 10.8. The quantitative estimate of drug-likeness (QED) is 0.593. The summed E-state index contributed by atoms with van der Waals surface area (Å²) in [7, 11) is 1.42. The molecule has 1 atom stereocenters. The summed E-state index contributed by atoms with van der Waals surface area (Å²) in [5.41, 5.74) is 6.48. The van der Waals surface area contributed by atoms with Gasteiger partial charge in [-0.05, 0) is 24.8 Å². The van der Waals surface area contributed by atoms with E-state index in [-0.39, 0.29) is 17.5 Å². The van der Waals surface area contributed by atoms with Gasteiger partial charge in [-0.2, -0.15) is 0 Å². The van der Waals surface area contributed by atoms with Crippen molar-refractivity contribution in [2.24, 2.45) is 11.7 Å². The number of rotatable bonds is 6. The molecule has 18 heavy (non-hydrogen) atoms. The molecule has 98 valence electrons. The van der Waals surface area contributed by atoms with Gasteiger partial charge in [-0.25, -0.2) is 0 Å². The number of ether oxygens (including phenoxy) is 1. The Morgan fingerprint density at radius 3 is 2.83 bits per heavy atom. The van der Waals surface area contributed by atoms with Crippen molar-refractivity contribution in [2.75, 3.05) is 19.0 Å². The lowest BCUT2D eigenvalue weighted by Crippen LogP contribution is -2.30. The molecule has 0 radical (unpaired) electrons. The van der Waals surface area contributed by atoms with Crippen LogP contribution in [0, 0.1) is 16.0 Å². The zero-order chi connectivity index (χ0) is 13.1. The molecule has 1 aromatic carbocycles. The second-order valence-electron chi connectivity index (χ2n) is 4.47. The van der Waals surface area contributed by atoms with Crippen LogP contribution in [0.1, 0.15) is 12.8 Å². The highest BCUT2D eigenvalue weighted by Gasteiger charge is 2.30. The molecule has 0 aliphatic heterocycles. The molecule has 1 aromatic rings. The average molecular weight is 251 g/mol. The van der Waals surface area contributed by atoms with E-state index in [1.807, 2.05) is 0 Å². The normalized spacial score (nSPS) is 16.1. The van der Waals surface area contributed by atoms with Crippen molar-refractivity contribution in [1.82, 2.24) is 0 Å². The topological polar surface area (TPSA) is 90.4 Å². The van der Waals surface area contributed by atoms with Gasteiger partial charge in [-0.15, -0.1) is 0 Å². The number of benzene rings is 1. The standard InChI is InChI=1S/C12H17N3O3/c1-18-12-6-9(4-5-11(12)15(16)17)14-10(7-13)8-2-3-8/h4-6,8,10,14H,2-3,7,13H2,1H3. The van der Waals surface area contributed by atoms with Crippen LogP contribution < -0.4 is 15.8 Å². The lowest BCUT2D eigenvalue weighted by Gasteiger charge is -2.17. The van der Waals surface area contributed by atoms with E-state index in [0.29, 0.717) is 12.5 Å². The lowest BCUT2D eigenvalue weighted by atomic mass is 10.1. The maximum absolute atomic E-state index is 10.8. The van der Waals surface area contributed by atoms with E-state index in [4.69, 9.17) is 10.5 Å². The minimum absolute atomic E-state index is 0.0289. The molecule has 0 bridgehead atoms. The van der Waals surface area contributed by atoms with Gasteiger partial charge < -0.3 is 15.8 Å². The molecule has 1 aliphatic rings. The second-order valence-corrected chi connectivity index (χ2v) is 4.47. The smallest absolute Gasteiger partial charge is 0.311 e. The van der Waals surface area contributed by atoms with E-state index in [0.717, 1.165) is 5.69 Å². The Hall–Kier alpha value is -1.82. The largest absolute Gasteiger partial charge is 0.490 e. The van der Waals surface area contributed by atoms with Gasteiger partial charge in [0.1, 0.15) is 0 Å². The molecule has 1 unspecified atom stereocenters. The highest BCUT2D eigenvalue weighted by atomic mass is 16.6. The Labute approximate surface area is 105 Å². The van der Waals surface area contributed by atoms with Crippen LogP contribution in [0.3, 0.4) is 0 Å². The predicted molar refractivity (Wildman–Crippen MR) is 68.8 cm³/mol. The van der Waals surface area contributed by atoms with Crippen molar-refractivity contribution >= 4 is 11.4 Å². The average Bonchev–Trinajstić information content (AvgIpc) is 3.19. The number of nitro benzene ring substituents is 1. The summed E-state index contributed by atoms with van der Waals surface area (Å²) in [4.78, 5) is 10.3. The first-order chi connectivity index (χ1) is 8.65. The number of hydrogen-bond donors (Lipinski definition) is 2. The van der Waals surface area contributed by atoms with Gasteiger partial charge in [0.2, 0.25) is 0 Å². The van der Waals surface area contributed by atoms with Gasteiger partial charge in [0.15, 0.2) is 5.75 Å². The third kappa shape index (κ3) is 2.70. The number of nitro groups is 1. The molecule has 6 heteroatoms.